The Morgan fingerprint density at radius 1 is 1.15 bits per heavy atom. The summed E-state index contributed by atoms with van der Waals surface area (Å²) in [4.78, 5) is 25.1. The van der Waals surface area contributed by atoms with Crippen LogP contribution in [0.2, 0.25) is 0 Å². The van der Waals surface area contributed by atoms with Gasteiger partial charge in [-0.1, -0.05) is 12.1 Å². The Labute approximate surface area is 187 Å². The van der Waals surface area contributed by atoms with E-state index in [0.717, 1.165) is 21.9 Å². The fraction of sp³-hybridized carbons (Fsp3) is 0.167. The fourth-order valence-corrected chi connectivity index (χ4v) is 5.29. The number of carbonyl (C=O) groups excluding carboxylic acids is 1. The number of furan rings is 1. The molecule has 0 saturated carbocycles. The highest BCUT2D eigenvalue weighted by molar-refractivity contribution is 7.94. The van der Waals surface area contributed by atoms with Gasteiger partial charge in [0, 0.05) is 27.8 Å². The number of amides is 1. The Kier molecular flexibility index (Phi) is 4.93. The van der Waals surface area contributed by atoms with Crippen LogP contribution in [0.25, 0.3) is 33.1 Å². The van der Waals surface area contributed by atoms with E-state index in [0.29, 0.717) is 22.1 Å². The molecule has 2 aromatic heterocycles. The topological polar surface area (TPSA) is 107 Å². The molecule has 0 bridgehead atoms. The second-order valence-corrected chi connectivity index (χ2v) is 9.93. The Morgan fingerprint density at radius 3 is 2.61 bits per heavy atom. The molecule has 7 nitrogen and oxygen atoms in total. The van der Waals surface area contributed by atoms with Gasteiger partial charge in [0.1, 0.15) is 17.0 Å². The van der Waals surface area contributed by atoms with Crippen molar-refractivity contribution in [1.82, 2.24) is 5.32 Å². The Hall–Kier alpha value is -3.72. The molecule has 0 aliphatic carbocycles. The first-order valence-electron chi connectivity index (χ1n) is 10.1. The molecule has 2 aromatic carbocycles. The van der Waals surface area contributed by atoms with Gasteiger partial charge in [0.15, 0.2) is 9.84 Å². The number of aryl methyl sites for hydroxylation is 1. The van der Waals surface area contributed by atoms with Gasteiger partial charge in [0.05, 0.1) is 30.0 Å². The van der Waals surface area contributed by atoms with Crippen LogP contribution in [0.3, 0.4) is 0 Å². The number of hydrogen-bond acceptors (Lipinski definition) is 6. The van der Waals surface area contributed by atoms with E-state index in [-0.39, 0.29) is 23.6 Å². The van der Waals surface area contributed by atoms with Crippen LogP contribution in [0, 0.1) is 12.7 Å². The third-order valence-corrected chi connectivity index (χ3v) is 7.15. The van der Waals surface area contributed by atoms with Crippen molar-refractivity contribution in [3.8, 4) is 11.1 Å². The third-order valence-electron chi connectivity index (χ3n) is 5.75. The van der Waals surface area contributed by atoms with Gasteiger partial charge in [-0.25, -0.2) is 17.6 Å². The lowest BCUT2D eigenvalue weighted by atomic mass is 9.99. The molecule has 4 aromatic rings. The average molecular weight is 467 g/mol. The molecule has 33 heavy (non-hydrogen) atoms. The first-order valence-corrected chi connectivity index (χ1v) is 11.9. The molecular weight excluding hydrogens is 449 g/mol. The van der Waals surface area contributed by atoms with Crippen LogP contribution in [0.5, 0.6) is 0 Å². The monoisotopic (exact) mass is 467 g/mol. The Balaban J connectivity index is 1.52. The zero-order valence-corrected chi connectivity index (χ0v) is 18.2. The summed E-state index contributed by atoms with van der Waals surface area (Å²) in [5.41, 5.74) is 2.47. The van der Waals surface area contributed by atoms with E-state index in [1.807, 2.05) is 6.07 Å². The maximum Gasteiger partial charge on any atom is 0.340 e. The molecule has 5 rings (SSSR count). The number of benzene rings is 2. The van der Waals surface area contributed by atoms with Gasteiger partial charge in [0.25, 0.3) is 0 Å². The molecule has 0 radical (unpaired) electrons. The van der Waals surface area contributed by atoms with Crippen molar-refractivity contribution >= 4 is 37.7 Å². The smallest absolute Gasteiger partial charge is 0.340 e. The minimum absolute atomic E-state index is 0.191. The standard InChI is InChI=1S/C24H18FNO6S/c1-13-17-8-19-20(14-2-4-15(25)5-3-14)11-31-21(19)10-22(17)32-24(28)18(13)9-23(27)26-16-6-7-33(29,30)12-16/h2-8,10-11,16H,9,12H2,1H3,(H,26,27)/t16-/m1/s1. The molecule has 0 saturated heterocycles. The quantitative estimate of drug-likeness (QED) is 0.460. The van der Waals surface area contributed by atoms with E-state index >= 15 is 0 Å². The predicted octanol–water partition coefficient (Wildman–Crippen LogP) is 3.62. The molecule has 9 heteroatoms. The van der Waals surface area contributed by atoms with Crippen LogP contribution in [0.15, 0.2) is 67.8 Å². The van der Waals surface area contributed by atoms with Gasteiger partial charge >= 0.3 is 5.63 Å². The summed E-state index contributed by atoms with van der Waals surface area (Å²) < 4.78 is 47.5. The van der Waals surface area contributed by atoms with Crippen molar-refractivity contribution < 1.29 is 26.4 Å². The van der Waals surface area contributed by atoms with Crippen LogP contribution in [0.4, 0.5) is 4.39 Å². The molecule has 168 valence electrons. The fourth-order valence-electron chi connectivity index (χ4n) is 4.05. The van der Waals surface area contributed by atoms with E-state index in [1.54, 1.807) is 31.4 Å². The van der Waals surface area contributed by atoms with Gasteiger partial charge in [-0.3, -0.25) is 4.79 Å². The van der Waals surface area contributed by atoms with Crippen molar-refractivity contribution in [3.05, 3.63) is 81.5 Å². The number of carbonyl (C=O) groups is 1. The van der Waals surface area contributed by atoms with E-state index in [9.17, 15) is 22.4 Å². The van der Waals surface area contributed by atoms with Crippen LogP contribution >= 0.6 is 0 Å². The molecule has 1 aliphatic rings. The number of halogens is 1. The summed E-state index contributed by atoms with van der Waals surface area (Å²) in [6.45, 7) is 1.73. The third kappa shape index (κ3) is 3.95. The van der Waals surface area contributed by atoms with Crippen molar-refractivity contribution in [3.63, 3.8) is 0 Å². The minimum atomic E-state index is -3.31. The predicted molar refractivity (Wildman–Crippen MR) is 121 cm³/mol. The number of nitrogens with one attached hydrogen (secondary N) is 1. The summed E-state index contributed by atoms with van der Waals surface area (Å²) in [5, 5.41) is 5.08. The zero-order chi connectivity index (χ0) is 23.3. The highest BCUT2D eigenvalue weighted by Crippen LogP contribution is 2.34. The first kappa shape index (κ1) is 21.1. The molecule has 1 aliphatic heterocycles. The highest BCUT2D eigenvalue weighted by Gasteiger charge is 2.24. The summed E-state index contributed by atoms with van der Waals surface area (Å²) >= 11 is 0. The second kappa shape index (κ2) is 7.70. The van der Waals surface area contributed by atoms with Crippen LogP contribution in [-0.4, -0.2) is 26.1 Å². The Bertz CT molecular complexity index is 1610. The van der Waals surface area contributed by atoms with Crippen molar-refractivity contribution in [2.45, 2.75) is 19.4 Å². The first-order chi connectivity index (χ1) is 15.7. The normalized spacial score (nSPS) is 17.1. The molecule has 0 spiro atoms. The molecule has 0 unspecified atom stereocenters. The summed E-state index contributed by atoms with van der Waals surface area (Å²) in [5.74, 6) is -1.02. The van der Waals surface area contributed by atoms with Crippen LogP contribution < -0.4 is 10.9 Å². The van der Waals surface area contributed by atoms with E-state index < -0.39 is 27.4 Å². The lowest BCUT2D eigenvalue weighted by molar-refractivity contribution is -0.120. The van der Waals surface area contributed by atoms with Crippen molar-refractivity contribution in [1.29, 1.82) is 0 Å². The largest absolute Gasteiger partial charge is 0.464 e. The summed E-state index contributed by atoms with van der Waals surface area (Å²) in [6, 6.07) is 8.83. The Morgan fingerprint density at radius 2 is 1.91 bits per heavy atom. The van der Waals surface area contributed by atoms with Gasteiger partial charge in [-0.05, 0) is 42.3 Å². The van der Waals surface area contributed by atoms with Crippen LogP contribution in [-0.2, 0) is 21.1 Å². The summed E-state index contributed by atoms with van der Waals surface area (Å²) in [7, 11) is -3.31. The molecule has 1 N–H and O–H groups in total. The second-order valence-electron chi connectivity index (χ2n) is 8.00. The van der Waals surface area contributed by atoms with Gasteiger partial charge < -0.3 is 14.2 Å². The zero-order valence-electron chi connectivity index (χ0n) is 17.4. The SMILES string of the molecule is Cc1c(CC(=O)N[C@@H]2C=CS(=O)(=O)C2)c(=O)oc2cc3occ(-c4ccc(F)cc4)c3cc12. The van der Waals surface area contributed by atoms with Gasteiger partial charge in [-0.2, -0.15) is 0 Å². The molecule has 1 amide bonds. The van der Waals surface area contributed by atoms with E-state index in [2.05, 4.69) is 5.32 Å². The summed E-state index contributed by atoms with van der Waals surface area (Å²) in [6.07, 6.45) is 2.72. The molecule has 0 fully saturated rings. The molecule has 1 atom stereocenters. The molecular formula is C24H18FNO6S. The van der Waals surface area contributed by atoms with E-state index in [4.69, 9.17) is 8.83 Å². The maximum absolute atomic E-state index is 13.3. The maximum atomic E-state index is 13.3. The van der Waals surface area contributed by atoms with Crippen molar-refractivity contribution in [2.24, 2.45) is 0 Å². The van der Waals surface area contributed by atoms with E-state index in [1.165, 1.54) is 18.2 Å². The van der Waals surface area contributed by atoms with Crippen molar-refractivity contribution in [2.75, 3.05) is 5.75 Å². The molecule has 3 heterocycles. The van der Waals surface area contributed by atoms with Crippen LogP contribution in [0.1, 0.15) is 11.1 Å². The van der Waals surface area contributed by atoms with Gasteiger partial charge in [-0.15, -0.1) is 0 Å². The number of hydrogen-bond donors (Lipinski definition) is 1. The number of sulfone groups is 1. The van der Waals surface area contributed by atoms with Gasteiger partial charge in [0.2, 0.25) is 5.91 Å². The highest BCUT2D eigenvalue weighted by atomic mass is 32.2. The lowest BCUT2D eigenvalue weighted by Gasteiger charge is -2.11. The number of fused-ring (bicyclic) bond motifs is 2. The lowest BCUT2D eigenvalue weighted by Crippen LogP contribution is -2.37. The number of rotatable bonds is 4. The minimum Gasteiger partial charge on any atom is -0.464 e. The average Bonchev–Trinajstić information content (AvgIpc) is 3.32.